The Bertz CT molecular complexity index is 868. The van der Waals surface area contributed by atoms with Gasteiger partial charge in [0.2, 0.25) is 11.8 Å². The maximum absolute atomic E-state index is 12.6. The maximum Gasteiger partial charge on any atom is 0.230 e. The van der Waals surface area contributed by atoms with Crippen molar-refractivity contribution in [2.24, 2.45) is 5.92 Å². The molecule has 1 aliphatic rings. The molecule has 5 nitrogen and oxygen atoms in total. The van der Waals surface area contributed by atoms with Gasteiger partial charge in [-0.2, -0.15) is 5.26 Å². The molecule has 2 heterocycles. The number of nitrogens with zero attached hydrogens (tertiary/aromatic N) is 2. The normalized spacial score (nSPS) is 16.6. The molecule has 0 aliphatic carbocycles. The highest BCUT2D eigenvalue weighted by Gasteiger charge is 2.35. The number of nitriles is 1. The van der Waals surface area contributed by atoms with Crippen LogP contribution >= 0.6 is 23.1 Å². The second-order valence-corrected chi connectivity index (χ2v) is 8.03. The molecule has 1 aromatic heterocycles. The molecule has 2 aromatic rings. The number of anilines is 2. The summed E-state index contributed by atoms with van der Waals surface area (Å²) in [5.41, 5.74) is 1.29. The summed E-state index contributed by atoms with van der Waals surface area (Å²) in [6.45, 7) is 2.37. The molecule has 2 amide bonds. The van der Waals surface area contributed by atoms with Crippen LogP contribution in [-0.2, 0) is 16.0 Å². The minimum absolute atomic E-state index is 0.0528. The van der Waals surface area contributed by atoms with Crippen LogP contribution in [0, 0.1) is 17.2 Å². The number of amides is 2. The zero-order valence-electron chi connectivity index (χ0n) is 14.6. The first-order valence-electron chi connectivity index (χ1n) is 8.33. The fraction of sp³-hybridized carbons (Fsp3) is 0.316. The van der Waals surface area contributed by atoms with Gasteiger partial charge in [0.05, 0.1) is 11.5 Å². The molecule has 0 saturated carbocycles. The Morgan fingerprint density at radius 2 is 2.15 bits per heavy atom. The summed E-state index contributed by atoms with van der Waals surface area (Å²) in [7, 11) is 0. The summed E-state index contributed by atoms with van der Waals surface area (Å²) >= 11 is 3.06. The number of carbonyl (C=O) groups is 2. The van der Waals surface area contributed by atoms with Crippen LogP contribution in [0.1, 0.15) is 23.8 Å². The van der Waals surface area contributed by atoms with E-state index in [9.17, 15) is 14.9 Å². The van der Waals surface area contributed by atoms with Gasteiger partial charge in [0.25, 0.3) is 0 Å². The first-order valence-corrected chi connectivity index (χ1v) is 10.4. The molecule has 26 heavy (non-hydrogen) atoms. The Balaban J connectivity index is 1.70. The van der Waals surface area contributed by atoms with Crippen LogP contribution in [0.5, 0.6) is 0 Å². The number of aryl methyl sites for hydroxylation is 1. The van der Waals surface area contributed by atoms with Crippen molar-refractivity contribution in [2.45, 2.75) is 24.7 Å². The number of hydrogen-bond donors (Lipinski definition) is 1. The van der Waals surface area contributed by atoms with Crippen molar-refractivity contribution in [1.82, 2.24) is 0 Å². The quantitative estimate of drug-likeness (QED) is 0.793. The molecular weight excluding hydrogens is 366 g/mol. The first-order chi connectivity index (χ1) is 12.5. The van der Waals surface area contributed by atoms with E-state index < -0.39 is 5.92 Å². The molecule has 134 valence electrons. The molecule has 0 radical (unpaired) electrons. The molecule has 1 unspecified atom stereocenters. The SMILES string of the molecule is CCc1cc(C#N)c(NC(=O)C2CC(=O)N(c3ccc(SC)cc3)C2)s1. The molecule has 7 heteroatoms. The van der Waals surface area contributed by atoms with Gasteiger partial charge in [-0.3, -0.25) is 9.59 Å². The van der Waals surface area contributed by atoms with Gasteiger partial charge in [0.15, 0.2) is 0 Å². The van der Waals surface area contributed by atoms with E-state index in [-0.39, 0.29) is 18.2 Å². The molecule has 1 fully saturated rings. The van der Waals surface area contributed by atoms with Crippen LogP contribution in [0.25, 0.3) is 0 Å². The largest absolute Gasteiger partial charge is 0.316 e. The van der Waals surface area contributed by atoms with Crippen molar-refractivity contribution >= 4 is 45.6 Å². The molecule has 1 aromatic carbocycles. The van der Waals surface area contributed by atoms with Crippen molar-refractivity contribution in [3.63, 3.8) is 0 Å². The molecule has 1 atom stereocenters. The minimum atomic E-state index is -0.415. The maximum atomic E-state index is 12.6. The van der Waals surface area contributed by atoms with E-state index in [0.29, 0.717) is 17.1 Å². The highest BCUT2D eigenvalue weighted by atomic mass is 32.2. The Labute approximate surface area is 161 Å². The third-order valence-corrected chi connectivity index (χ3v) is 6.31. The molecule has 0 bridgehead atoms. The zero-order chi connectivity index (χ0) is 18.7. The van der Waals surface area contributed by atoms with E-state index in [1.807, 2.05) is 37.4 Å². The number of hydrogen-bond acceptors (Lipinski definition) is 5. The third kappa shape index (κ3) is 3.76. The van der Waals surface area contributed by atoms with Crippen molar-refractivity contribution in [1.29, 1.82) is 5.26 Å². The van der Waals surface area contributed by atoms with Gasteiger partial charge in [0.1, 0.15) is 11.1 Å². The van der Waals surface area contributed by atoms with E-state index in [0.717, 1.165) is 21.9 Å². The third-order valence-electron chi connectivity index (χ3n) is 4.37. The van der Waals surface area contributed by atoms with Gasteiger partial charge in [-0.1, -0.05) is 6.92 Å². The van der Waals surface area contributed by atoms with Gasteiger partial charge in [-0.05, 0) is 43.0 Å². The second kappa shape index (κ2) is 7.94. The van der Waals surface area contributed by atoms with Crippen LogP contribution in [0.15, 0.2) is 35.2 Å². The number of rotatable bonds is 5. The van der Waals surface area contributed by atoms with Gasteiger partial charge in [-0.15, -0.1) is 23.1 Å². The topological polar surface area (TPSA) is 73.2 Å². The van der Waals surface area contributed by atoms with Gasteiger partial charge < -0.3 is 10.2 Å². The van der Waals surface area contributed by atoms with Crippen molar-refractivity contribution in [2.75, 3.05) is 23.0 Å². The lowest BCUT2D eigenvalue weighted by atomic mass is 10.1. The predicted octanol–water partition coefficient (Wildman–Crippen LogP) is 3.90. The van der Waals surface area contributed by atoms with E-state index in [1.54, 1.807) is 22.7 Å². The molecule has 1 aliphatic heterocycles. The second-order valence-electron chi connectivity index (χ2n) is 6.01. The lowest BCUT2D eigenvalue weighted by Crippen LogP contribution is -2.28. The highest BCUT2D eigenvalue weighted by Crippen LogP contribution is 2.31. The summed E-state index contributed by atoms with van der Waals surface area (Å²) in [6.07, 6.45) is 3.00. The van der Waals surface area contributed by atoms with E-state index in [4.69, 9.17) is 0 Å². The molecular formula is C19H19N3O2S2. The minimum Gasteiger partial charge on any atom is -0.316 e. The van der Waals surface area contributed by atoms with E-state index >= 15 is 0 Å². The summed E-state index contributed by atoms with van der Waals surface area (Å²) in [6, 6.07) is 11.7. The average Bonchev–Trinajstić information content (AvgIpc) is 3.25. The van der Waals surface area contributed by atoms with Gasteiger partial charge >= 0.3 is 0 Å². The standard InChI is InChI=1S/C19H19N3O2S2/c1-3-15-8-12(10-20)19(26-15)21-18(24)13-9-17(23)22(11-13)14-4-6-16(25-2)7-5-14/h4-8,13H,3,9,11H2,1-2H3,(H,21,24). The number of thioether (sulfide) groups is 1. The van der Waals surface area contributed by atoms with E-state index in [2.05, 4.69) is 11.4 Å². The van der Waals surface area contributed by atoms with E-state index in [1.165, 1.54) is 11.3 Å². The zero-order valence-corrected chi connectivity index (χ0v) is 16.2. The van der Waals surface area contributed by atoms with Crippen LogP contribution in [0.3, 0.4) is 0 Å². The molecule has 1 N–H and O–H groups in total. The fourth-order valence-corrected chi connectivity index (χ4v) is 4.26. The Morgan fingerprint density at radius 3 is 2.77 bits per heavy atom. The first kappa shape index (κ1) is 18.5. The van der Waals surface area contributed by atoms with Crippen LogP contribution in [0.4, 0.5) is 10.7 Å². The highest BCUT2D eigenvalue weighted by molar-refractivity contribution is 7.98. The Kier molecular flexibility index (Phi) is 5.64. The fourth-order valence-electron chi connectivity index (χ4n) is 2.90. The van der Waals surface area contributed by atoms with Crippen molar-refractivity contribution in [3.05, 3.63) is 40.8 Å². The van der Waals surface area contributed by atoms with Gasteiger partial charge in [0, 0.05) is 28.4 Å². The van der Waals surface area contributed by atoms with Crippen molar-refractivity contribution in [3.8, 4) is 6.07 Å². The molecule has 0 spiro atoms. The van der Waals surface area contributed by atoms with Gasteiger partial charge in [-0.25, -0.2) is 0 Å². The van der Waals surface area contributed by atoms with Crippen LogP contribution in [0.2, 0.25) is 0 Å². The predicted molar refractivity (Wildman–Crippen MR) is 106 cm³/mol. The van der Waals surface area contributed by atoms with Crippen molar-refractivity contribution < 1.29 is 9.59 Å². The van der Waals surface area contributed by atoms with Crippen LogP contribution in [-0.4, -0.2) is 24.6 Å². The summed E-state index contributed by atoms with van der Waals surface area (Å²) < 4.78 is 0. The lowest BCUT2D eigenvalue weighted by Gasteiger charge is -2.17. The Morgan fingerprint density at radius 1 is 1.42 bits per heavy atom. The summed E-state index contributed by atoms with van der Waals surface area (Å²) in [4.78, 5) is 28.8. The monoisotopic (exact) mass is 385 g/mol. The Hall–Kier alpha value is -2.30. The summed E-state index contributed by atoms with van der Waals surface area (Å²) in [5, 5.41) is 12.6. The lowest BCUT2D eigenvalue weighted by molar-refractivity contribution is -0.122. The van der Waals surface area contributed by atoms with Crippen LogP contribution < -0.4 is 10.2 Å². The smallest absolute Gasteiger partial charge is 0.230 e. The number of thiophene rings is 1. The molecule has 1 saturated heterocycles. The number of nitrogens with one attached hydrogen (secondary N) is 1. The molecule has 3 rings (SSSR count). The number of benzene rings is 1. The average molecular weight is 386 g/mol. The summed E-state index contributed by atoms with van der Waals surface area (Å²) in [5.74, 6) is -0.674. The number of carbonyl (C=O) groups excluding carboxylic acids is 2.